The van der Waals surface area contributed by atoms with Gasteiger partial charge < -0.3 is 0 Å². The number of hydrogen-bond donors (Lipinski definition) is 0. The molecule has 0 saturated carbocycles. The summed E-state index contributed by atoms with van der Waals surface area (Å²) >= 11 is 3.64. The van der Waals surface area contributed by atoms with E-state index in [0.717, 1.165) is 49.2 Å². The number of hydrogen-bond acceptors (Lipinski definition) is 2. The molecule has 0 aliphatic carbocycles. The molecule has 1 heterocycles. The van der Waals surface area contributed by atoms with E-state index in [0.29, 0.717) is 6.42 Å². The van der Waals surface area contributed by atoms with Crippen molar-refractivity contribution in [1.29, 1.82) is 0 Å². The molecule has 160 valence electrons. The highest BCUT2D eigenvalue weighted by Gasteiger charge is 2.15. The van der Waals surface area contributed by atoms with Crippen LogP contribution in [0.25, 0.3) is 38.9 Å². The van der Waals surface area contributed by atoms with Crippen molar-refractivity contribution in [1.82, 2.24) is 9.97 Å². The van der Waals surface area contributed by atoms with Gasteiger partial charge in [0.25, 0.3) is 0 Å². The summed E-state index contributed by atoms with van der Waals surface area (Å²) in [6.07, 6.45) is 0.575. The lowest BCUT2D eigenvalue weighted by Crippen LogP contribution is -2.01. The van der Waals surface area contributed by atoms with E-state index in [2.05, 4.69) is 90.1 Å². The number of halogens is 1. The maximum atomic E-state index is 4.99. The van der Waals surface area contributed by atoms with Crippen LogP contribution in [0.5, 0.6) is 0 Å². The first-order valence-corrected chi connectivity index (χ1v) is 11.7. The Kier molecular flexibility index (Phi) is 5.89. The van der Waals surface area contributed by atoms with E-state index < -0.39 is 0 Å². The van der Waals surface area contributed by atoms with Crippen LogP contribution in [0.1, 0.15) is 17.0 Å². The minimum atomic E-state index is 0.575. The Hall–Kier alpha value is -3.56. The maximum absolute atomic E-state index is 4.99. The third-order valence-corrected chi connectivity index (χ3v) is 6.36. The molecule has 5 rings (SSSR count). The van der Waals surface area contributed by atoms with Gasteiger partial charge in [0.1, 0.15) is 5.82 Å². The zero-order valence-electron chi connectivity index (χ0n) is 18.4. The summed E-state index contributed by atoms with van der Waals surface area (Å²) < 4.78 is 1.05. The average molecular weight is 491 g/mol. The predicted octanol–water partition coefficient (Wildman–Crippen LogP) is 8.29. The van der Waals surface area contributed by atoms with E-state index in [1.54, 1.807) is 0 Å². The second-order valence-electron chi connectivity index (χ2n) is 8.16. The largest absolute Gasteiger partial charge is 0.233 e. The van der Waals surface area contributed by atoms with Crippen molar-refractivity contribution < 1.29 is 0 Å². The molecule has 3 heteroatoms. The molecule has 0 aliphatic rings. The van der Waals surface area contributed by atoms with Crippen molar-refractivity contribution in [3.8, 4) is 22.4 Å². The molecule has 0 unspecified atom stereocenters. The molecule has 0 spiro atoms. The van der Waals surface area contributed by atoms with Crippen LogP contribution < -0.4 is 0 Å². The Labute approximate surface area is 202 Å². The lowest BCUT2D eigenvalue weighted by atomic mass is 9.91. The molecule has 0 saturated heterocycles. The smallest absolute Gasteiger partial charge is 0.134 e. The number of aromatic nitrogens is 2. The van der Waals surface area contributed by atoms with Crippen molar-refractivity contribution in [2.75, 3.05) is 0 Å². The monoisotopic (exact) mass is 490 g/mol. The van der Waals surface area contributed by atoms with Crippen LogP contribution >= 0.6 is 15.9 Å². The van der Waals surface area contributed by atoms with Crippen molar-refractivity contribution in [3.05, 3.63) is 125 Å². The van der Waals surface area contributed by atoms with Gasteiger partial charge in [-0.05, 0) is 52.9 Å². The molecule has 4 aromatic carbocycles. The highest BCUT2D eigenvalue weighted by Crippen LogP contribution is 2.34. The quantitative estimate of drug-likeness (QED) is 0.247. The lowest BCUT2D eigenvalue weighted by molar-refractivity contribution is 1.03. The molecule has 0 aliphatic heterocycles. The van der Waals surface area contributed by atoms with E-state index in [-0.39, 0.29) is 0 Å². The number of allylic oxidation sites excluding steroid dienone is 1. The number of nitrogens with zero attached hydrogens (tertiary/aromatic N) is 2. The SMILES string of the molecule is C=C(Cc1nc(-c2ccccc2)c2ccccc2n1)c1ccc(Br)cc1-c1ccccc1C. The molecule has 0 atom stereocenters. The minimum absolute atomic E-state index is 0.575. The van der Waals surface area contributed by atoms with Crippen molar-refractivity contribution in [3.63, 3.8) is 0 Å². The Morgan fingerprint density at radius 1 is 0.788 bits per heavy atom. The summed E-state index contributed by atoms with van der Waals surface area (Å²) in [4.78, 5) is 9.88. The second-order valence-corrected chi connectivity index (χ2v) is 9.07. The molecule has 0 fully saturated rings. The fraction of sp³-hybridized carbons (Fsp3) is 0.0667. The molecular weight excluding hydrogens is 468 g/mol. The van der Waals surface area contributed by atoms with Crippen molar-refractivity contribution in [2.45, 2.75) is 13.3 Å². The van der Waals surface area contributed by atoms with Crippen LogP contribution in [-0.2, 0) is 6.42 Å². The summed E-state index contributed by atoms with van der Waals surface area (Å²) in [5.74, 6) is 0.774. The average Bonchev–Trinajstić information content (AvgIpc) is 2.84. The van der Waals surface area contributed by atoms with Gasteiger partial charge in [-0.2, -0.15) is 0 Å². The summed E-state index contributed by atoms with van der Waals surface area (Å²) in [5.41, 5.74) is 8.71. The van der Waals surface area contributed by atoms with E-state index in [4.69, 9.17) is 9.97 Å². The van der Waals surface area contributed by atoms with E-state index in [1.165, 1.54) is 11.1 Å². The predicted molar refractivity (Wildman–Crippen MR) is 142 cm³/mol. The molecule has 0 radical (unpaired) electrons. The van der Waals surface area contributed by atoms with Gasteiger partial charge in [0, 0.05) is 21.8 Å². The van der Waals surface area contributed by atoms with Crippen molar-refractivity contribution >= 4 is 32.4 Å². The van der Waals surface area contributed by atoms with Crippen LogP contribution in [0, 0.1) is 6.92 Å². The van der Waals surface area contributed by atoms with Crippen LogP contribution in [0.15, 0.2) is 108 Å². The summed E-state index contributed by atoms with van der Waals surface area (Å²) in [5, 5.41) is 1.06. The second kappa shape index (κ2) is 9.13. The Morgan fingerprint density at radius 2 is 1.52 bits per heavy atom. The van der Waals surface area contributed by atoms with Gasteiger partial charge in [-0.1, -0.05) is 101 Å². The van der Waals surface area contributed by atoms with Gasteiger partial charge in [-0.25, -0.2) is 9.97 Å². The molecule has 33 heavy (non-hydrogen) atoms. The van der Waals surface area contributed by atoms with Crippen LogP contribution in [-0.4, -0.2) is 9.97 Å². The summed E-state index contributed by atoms with van der Waals surface area (Å²) in [6.45, 7) is 6.59. The van der Waals surface area contributed by atoms with E-state index in [1.807, 2.05) is 36.4 Å². The molecule has 0 amide bonds. The number of fused-ring (bicyclic) bond motifs is 1. The van der Waals surface area contributed by atoms with Gasteiger partial charge in [-0.3, -0.25) is 0 Å². The van der Waals surface area contributed by atoms with E-state index >= 15 is 0 Å². The third kappa shape index (κ3) is 4.37. The fourth-order valence-electron chi connectivity index (χ4n) is 4.23. The van der Waals surface area contributed by atoms with Gasteiger partial charge in [0.15, 0.2) is 0 Å². The van der Waals surface area contributed by atoms with Gasteiger partial charge in [0.2, 0.25) is 0 Å². The van der Waals surface area contributed by atoms with Gasteiger partial charge >= 0.3 is 0 Å². The summed E-state index contributed by atoms with van der Waals surface area (Å²) in [7, 11) is 0. The third-order valence-electron chi connectivity index (χ3n) is 5.87. The number of para-hydroxylation sites is 1. The fourth-order valence-corrected chi connectivity index (χ4v) is 4.59. The molecule has 0 N–H and O–H groups in total. The Bertz CT molecular complexity index is 1470. The molecule has 2 nitrogen and oxygen atoms in total. The number of rotatable bonds is 5. The van der Waals surface area contributed by atoms with Crippen LogP contribution in [0.4, 0.5) is 0 Å². The lowest BCUT2D eigenvalue weighted by Gasteiger charge is -2.15. The highest BCUT2D eigenvalue weighted by atomic mass is 79.9. The topological polar surface area (TPSA) is 25.8 Å². The molecule has 5 aromatic rings. The first kappa shape index (κ1) is 21.3. The first-order chi connectivity index (χ1) is 16.1. The van der Waals surface area contributed by atoms with Crippen LogP contribution in [0.3, 0.4) is 0 Å². The molecular formula is C30H23BrN2. The Morgan fingerprint density at radius 3 is 2.33 bits per heavy atom. The zero-order valence-corrected chi connectivity index (χ0v) is 20.0. The first-order valence-electron chi connectivity index (χ1n) is 10.9. The molecule has 1 aromatic heterocycles. The normalized spacial score (nSPS) is 11.0. The van der Waals surface area contributed by atoms with E-state index in [9.17, 15) is 0 Å². The van der Waals surface area contributed by atoms with Crippen LogP contribution in [0.2, 0.25) is 0 Å². The summed E-state index contributed by atoms with van der Waals surface area (Å²) in [6, 6.07) is 33.3. The minimum Gasteiger partial charge on any atom is -0.233 e. The van der Waals surface area contributed by atoms with Gasteiger partial charge in [0.05, 0.1) is 11.2 Å². The zero-order chi connectivity index (χ0) is 22.8. The molecule has 0 bridgehead atoms. The maximum Gasteiger partial charge on any atom is 0.134 e. The number of benzene rings is 4. The standard InChI is InChI=1S/C30H23BrN2/c1-20-10-6-7-13-24(20)27-19-23(31)16-17-25(27)21(2)18-29-32-28-15-9-8-14-26(28)30(33-29)22-11-4-3-5-12-22/h3-17,19H,2,18H2,1H3. The van der Waals surface area contributed by atoms with Gasteiger partial charge in [-0.15, -0.1) is 0 Å². The highest BCUT2D eigenvalue weighted by molar-refractivity contribution is 9.10. The number of aryl methyl sites for hydroxylation is 1. The Balaban J connectivity index is 1.58. The van der Waals surface area contributed by atoms with Crippen molar-refractivity contribution in [2.24, 2.45) is 0 Å².